The summed E-state index contributed by atoms with van der Waals surface area (Å²) >= 11 is 6.51. The zero-order valence-electron chi connectivity index (χ0n) is 16.7. The van der Waals surface area contributed by atoms with Crippen LogP contribution in [-0.4, -0.2) is 9.97 Å². The lowest BCUT2D eigenvalue weighted by Gasteiger charge is -2.11. The van der Waals surface area contributed by atoms with Gasteiger partial charge < -0.3 is 0 Å². The van der Waals surface area contributed by atoms with Gasteiger partial charge in [0.2, 0.25) is 0 Å². The number of benzene rings is 4. The smallest absolute Gasteiger partial charge is 0.160 e. The molecule has 0 saturated carbocycles. The second kappa shape index (κ2) is 8.55. The van der Waals surface area contributed by atoms with E-state index in [9.17, 15) is 0 Å². The highest BCUT2D eigenvalue weighted by Crippen LogP contribution is 2.32. The summed E-state index contributed by atoms with van der Waals surface area (Å²) in [6.07, 6.45) is 0. The van der Waals surface area contributed by atoms with Crippen LogP contribution in [0.3, 0.4) is 0 Å². The van der Waals surface area contributed by atoms with Crippen molar-refractivity contribution in [1.82, 2.24) is 9.97 Å². The second-order valence-corrected chi connectivity index (χ2v) is 7.73. The van der Waals surface area contributed by atoms with E-state index in [2.05, 4.69) is 42.5 Å². The summed E-state index contributed by atoms with van der Waals surface area (Å²) in [5, 5.41) is 0.659. The van der Waals surface area contributed by atoms with Crippen LogP contribution in [0.4, 0.5) is 0 Å². The van der Waals surface area contributed by atoms with Crippen LogP contribution >= 0.6 is 11.6 Å². The molecule has 148 valence electrons. The molecule has 0 radical (unpaired) electrons. The van der Waals surface area contributed by atoms with Crippen LogP contribution in [0.2, 0.25) is 5.02 Å². The number of halogens is 1. The summed E-state index contributed by atoms with van der Waals surface area (Å²) in [5.74, 6) is 0.653. The Morgan fingerprint density at radius 1 is 0.419 bits per heavy atom. The second-order valence-electron chi connectivity index (χ2n) is 7.29. The fraction of sp³-hybridized carbons (Fsp3) is 0. The Balaban J connectivity index is 1.70. The van der Waals surface area contributed by atoms with E-state index in [0.29, 0.717) is 10.8 Å². The maximum Gasteiger partial charge on any atom is 0.160 e. The molecule has 1 heterocycles. The van der Waals surface area contributed by atoms with E-state index in [0.717, 1.165) is 39.2 Å². The summed E-state index contributed by atoms with van der Waals surface area (Å²) in [4.78, 5) is 9.81. The zero-order chi connectivity index (χ0) is 21.0. The normalized spacial score (nSPS) is 10.7. The number of rotatable bonds is 4. The maximum atomic E-state index is 6.51. The molecule has 0 unspecified atom stereocenters. The molecule has 3 heteroatoms. The highest BCUT2D eigenvalue weighted by atomic mass is 35.5. The Morgan fingerprint density at radius 2 is 0.871 bits per heavy atom. The first-order chi connectivity index (χ1) is 15.3. The molecule has 0 spiro atoms. The van der Waals surface area contributed by atoms with E-state index in [1.165, 1.54) is 0 Å². The van der Waals surface area contributed by atoms with Crippen LogP contribution in [0, 0.1) is 0 Å². The molecule has 0 fully saturated rings. The van der Waals surface area contributed by atoms with Crippen molar-refractivity contribution in [2.45, 2.75) is 0 Å². The summed E-state index contributed by atoms with van der Waals surface area (Å²) < 4.78 is 0. The number of hydrogen-bond donors (Lipinski definition) is 0. The highest BCUT2D eigenvalue weighted by Gasteiger charge is 2.12. The molecule has 0 bridgehead atoms. The third-order valence-corrected chi connectivity index (χ3v) is 5.35. The lowest BCUT2D eigenvalue weighted by Crippen LogP contribution is -1.96. The van der Waals surface area contributed by atoms with Gasteiger partial charge >= 0.3 is 0 Å². The van der Waals surface area contributed by atoms with Crippen LogP contribution in [0.5, 0.6) is 0 Å². The van der Waals surface area contributed by atoms with Crippen molar-refractivity contribution in [3.05, 3.63) is 120 Å². The van der Waals surface area contributed by atoms with E-state index in [4.69, 9.17) is 21.6 Å². The van der Waals surface area contributed by atoms with Crippen LogP contribution < -0.4 is 0 Å². The summed E-state index contributed by atoms with van der Waals surface area (Å²) in [5.41, 5.74) is 6.90. The van der Waals surface area contributed by atoms with Crippen molar-refractivity contribution >= 4 is 11.6 Å². The molecule has 2 nitrogen and oxygen atoms in total. The van der Waals surface area contributed by atoms with Crippen LogP contribution in [0.1, 0.15) is 0 Å². The number of hydrogen-bond acceptors (Lipinski definition) is 2. The largest absolute Gasteiger partial charge is 0.228 e. The minimum atomic E-state index is 0.653. The SMILES string of the molecule is Clc1cc(-c2ccccc2)cc(-c2nc(-c3ccccc3)cc(-c3ccccc3)n2)c1. The average Bonchev–Trinajstić information content (AvgIpc) is 2.85. The molecular weight excluding hydrogens is 400 g/mol. The van der Waals surface area contributed by atoms with Gasteiger partial charge in [-0.15, -0.1) is 0 Å². The Hall–Kier alpha value is -3.75. The van der Waals surface area contributed by atoms with Gasteiger partial charge in [0.05, 0.1) is 11.4 Å². The Morgan fingerprint density at radius 3 is 1.39 bits per heavy atom. The van der Waals surface area contributed by atoms with E-state index >= 15 is 0 Å². The molecule has 0 N–H and O–H groups in total. The van der Waals surface area contributed by atoms with Gasteiger partial charge in [-0.05, 0) is 35.4 Å². The van der Waals surface area contributed by atoms with Gasteiger partial charge in [0.15, 0.2) is 5.82 Å². The van der Waals surface area contributed by atoms with Crippen molar-refractivity contribution < 1.29 is 0 Å². The predicted octanol–water partition coefficient (Wildman–Crippen LogP) is 7.80. The zero-order valence-corrected chi connectivity index (χ0v) is 17.5. The molecule has 0 aliphatic carbocycles. The molecule has 1 aromatic heterocycles. The molecule has 0 aliphatic rings. The first kappa shape index (κ1) is 19.2. The molecule has 0 atom stereocenters. The Labute approximate surface area is 186 Å². The van der Waals surface area contributed by atoms with Gasteiger partial charge in [-0.2, -0.15) is 0 Å². The monoisotopic (exact) mass is 418 g/mol. The van der Waals surface area contributed by atoms with Gasteiger partial charge in [-0.25, -0.2) is 9.97 Å². The quantitative estimate of drug-likeness (QED) is 0.297. The fourth-order valence-electron chi connectivity index (χ4n) is 3.61. The van der Waals surface area contributed by atoms with Gasteiger partial charge in [0.1, 0.15) is 0 Å². The molecule has 4 aromatic carbocycles. The van der Waals surface area contributed by atoms with Crippen LogP contribution in [0.15, 0.2) is 115 Å². The van der Waals surface area contributed by atoms with Crippen LogP contribution in [0.25, 0.3) is 45.0 Å². The van der Waals surface area contributed by atoms with E-state index in [1.54, 1.807) is 0 Å². The molecular formula is C28H19ClN2. The fourth-order valence-corrected chi connectivity index (χ4v) is 3.84. The molecule has 0 saturated heterocycles. The minimum Gasteiger partial charge on any atom is -0.228 e. The molecule has 31 heavy (non-hydrogen) atoms. The lowest BCUT2D eigenvalue weighted by molar-refractivity contribution is 1.18. The van der Waals surface area contributed by atoms with Gasteiger partial charge in [-0.3, -0.25) is 0 Å². The molecule has 5 rings (SSSR count). The predicted molar refractivity (Wildman–Crippen MR) is 129 cm³/mol. The first-order valence-electron chi connectivity index (χ1n) is 10.1. The van der Waals surface area contributed by atoms with Crippen LogP contribution in [-0.2, 0) is 0 Å². The summed E-state index contributed by atoms with van der Waals surface area (Å²) in [7, 11) is 0. The molecule has 0 aliphatic heterocycles. The van der Waals surface area contributed by atoms with E-state index < -0.39 is 0 Å². The topological polar surface area (TPSA) is 25.8 Å². The Kier molecular flexibility index (Phi) is 5.30. The average molecular weight is 419 g/mol. The van der Waals surface area contributed by atoms with E-state index in [-0.39, 0.29) is 0 Å². The maximum absolute atomic E-state index is 6.51. The number of nitrogens with zero attached hydrogens (tertiary/aromatic N) is 2. The molecule has 0 amide bonds. The number of aromatic nitrogens is 2. The summed E-state index contributed by atoms with van der Waals surface area (Å²) in [6.45, 7) is 0. The standard InChI is InChI=1S/C28H19ClN2/c29-25-17-23(20-10-4-1-5-11-20)16-24(18-25)28-30-26(21-12-6-2-7-13-21)19-27(31-28)22-14-8-3-9-15-22/h1-19H. The molecule has 5 aromatic rings. The third-order valence-electron chi connectivity index (χ3n) is 5.13. The lowest BCUT2D eigenvalue weighted by atomic mass is 10.0. The highest BCUT2D eigenvalue weighted by molar-refractivity contribution is 6.31. The van der Waals surface area contributed by atoms with Crippen molar-refractivity contribution in [2.24, 2.45) is 0 Å². The summed E-state index contributed by atoms with van der Waals surface area (Å²) in [6, 6.07) is 38.6. The van der Waals surface area contributed by atoms with Crippen molar-refractivity contribution in [2.75, 3.05) is 0 Å². The van der Waals surface area contributed by atoms with Gasteiger partial charge in [0, 0.05) is 21.7 Å². The third kappa shape index (κ3) is 4.25. The Bertz CT molecular complexity index is 1260. The minimum absolute atomic E-state index is 0.653. The van der Waals surface area contributed by atoms with Gasteiger partial charge in [0.25, 0.3) is 0 Å². The van der Waals surface area contributed by atoms with E-state index in [1.807, 2.05) is 72.8 Å². The first-order valence-corrected chi connectivity index (χ1v) is 10.5. The van der Waals surface area contributed by atoms with Crippen molar-refractivity contribution in [3.8, 4) is 45.0 Å². The van der Waals surface area contributed by atoms with Gasteiger partial charge in [-0.1, -0.05) is 103 Å². The van der Waals surface area contributed by atoms with Crippen molar-refractivity contribution in [3.63, 3.8) is 0 Å². The van der Waals surface area contributed by atoms with Crippen molar-refractivity contribution in [1.29, 1.82) is 0 Å².